The van der Waals surface area contributed by atoms with Crippen LogP contribution in [0.1, 0.15) is 53.6 Å². The molecule has 3 atom stereocenters. The molecule has 0 amide bonds. The molecule has 0 heterocycles. The fourth-order valence-corrected chi connectivity index (χ4v) is 4.04. The van der Waals surface area contributed by atoms with Crippen molar-refractivity contribution in [2.45, 2.75) is 46.0 Å². The number of hydrogen-bond donors (Lipinski definition) is 0. The fourth-order valence-electron chi connectivity index (χ4n) is 4.04. The van der Waals surface area contributed by atoms with Crippen LogP contribution in [-0.4, -0.2) is 18.4 Å². The van der Waals surface area contributed by atoms with E-state index in [1.807, 2.05) is 26.0 Å². The number of ether oxygens (including phenoxy) is 1. The zero-order valence-electron chi connectivity index (χ0n) is 13.4. The number of fused-ring (bicyclic) bond motifs is 2. The lowest BCUT2D eigenvalue weighted by Gasteiger charge is -2.20. The van der Waals surface area contributed by atoms with Crippen molar-refractivity contribution < 1.29 is 14.3 Å². The van der Waals surface area contributed by atoms with Gasteiger partial charge in [-0.05, 0) is 68.1 Å². The molecule has 3 nitrogen and oxygen atoms in total. The highest BCUT2D eigenvalue weighted by atomic mass is 16.5. The lowest BCUT2D eigenvalue weighted by molar-refractivity contribution is -0.144. The summed E-state index contributed by atoms with van der Waals surface area (Å²) in [5, 5.41) is 0. The smallest absolute Gasteiger partial charge is 0.306 e. The summed E-state index contributed by atoms with van der Waals surface area (Å²) < 4.78 is 5.21. The molecule has 2 bridgehead atoms. The third-order valence-corrected chi connectivity index (χ3v) is 5.51. The maximum absolute atomic E-state index is 12.1. The van der Waals surface area contributed by atoms with Crippen LogP contribution in [0.15, 0.2) is 18.2 Å². The van der Waals surface area contributed by atoms with Gasteiger partial charge < -0.3 is 4.74 Å². The zero-order chi connectivity index (χ0) is 15.7. The summed E-state index contributed by atoms with van der Waals surface area (Å²) in [7, 11) is 0. The van der Waals surface area contributed by atoms with Gasteiger partial charge in [0.25, 0.3) is 0 Å². The molecule has 0 aliphatic heterocycles. The second kappa shape index (κ2) is 6.23. The van der Waals surface area contributed by atoms with Gasteiger partial charge in [0, 0.05) is 12.0 Å². The van der Waals surface area contributed by atoms with Crippen molar-refractivity contribution in [2.24, 2.45) is 17.8 Å². The number of hydrogen-bond acceptors (Lipinski definition) is 3. The van der Waals surface area contributed by atoms with E-state index in [2.05, 4.69) is 0 Å². The Kier molecular flexibility index (Phi) is 4.32. The van der Waals surface area contributed by atoms with Crippen LogP contribution < -0.4 is 0 Å². The number of carbonyl (C=O) groups excluding carboxylic acids is 2. The van der Waals surface area contributed by atoms with E-state index in [4.69, 9.17) is 4.74 Å². The molecule has 0 saturated heterocycles. The molecule has 2 saturated carbocycles. The van der Waals surface area contributed by atoms with E-state index in [0.29, 0.717) is 23.8 Å². The average Bonchev–Trinajstić information content (AvgIpc) is 3.10. The van der Waals surface area contributed by atoms with E-state index >= 15 is 0 Å². The molecule has 22 heavy (non-hydrogen) atoms. The lowest BCUT2D eigenvalue weighted by atomic mass is 9.86. The summed E-state index contributed by atoms with van der Waals surface area (Å²) >= 11 is 0. The lowest BCUT2D eigenvalue weighted by Crippen LogP contribution is -2.19. The average molecular weight is 300 g/mol. The minimum atomic E-state index is -0.213. The topological polar surface area (TPSA) is 43.4 Å². The first-order valence-electron chi connectivity index (χ1n) is 8.29. The highest BCUT2D eigenvalue weighted by Gasteiger charge is 2.40. The summed E-state index contributed by atoms with van der Waals surface area (Å²) in [6, 6.07) is 5.59. The standard InChI is InChI=1S/C19H24O3/c1-12-3-5-16(7-13(12)2)18(20)11-22-19(21)10-17-9-14-4-6-15(17)8-14/h3,5,7,14-15,17H,4,6,8-11H2,1-2H3. The Morgan fingerprint density at radius 3 is 2.59 bits per heavy atom. The van der Waals surface area contributed by atoms with E-state index in [1.54, 1.807) is 6.07 Å². The predicted octanol–water partition coefficient (Wildman–Crippen LogP) is 3.86. The van der Waals surface area contributed by atoms with Gasteiger partial charge in [0.05, 0.1) is 0 Å². The molecule has 3 heteroatoms. The Bertz CT molecular complexity index is 590. The van der Waals surface area contributed by atoms with Crippen LogP contribution in [0.25, 0.3) is 0 Å². The van der Waals surface area contributed by atoms with Gasteiger partial charge in [0.15, 0.2) is 12.4 Å². The molecule has 3 rings (SSSR count). The summed E-state index contributed by atoms with van der Waals surface area (Å²) in [6.07, 6.45) is 5.55. The first-order valence-corrected chi connectivity index (χ1v) is 8.29. The third kappa shape index (κ3) is 3.23. The van der Waals surface area contributed by atoms with E-state index in [9.17, 15) is 9.59 Å². The van der Waals surface area contributed by atoms with Crippen molar-refractivity contribution in [2.75, 3.05) is 6.61 Å². The number of esters is 1. The van der Waals surface area contributed by atoms with Crippen LogP contribution in [0.3, 0.4) is 0 Å². The van der Waals surface area contributed by atoms with Crippen molar-refractivity contribution in [1.82, 2.24) is 0 Å². The molecular formula is C19H24O3. The predicted molar refractivity (Wildman–Crippen MR) is 84.8 cm³/mol. The second-order valence-corrected chi connectivity index (χ2v) is 7.02. The van der Waals surface area contributed by atoms with Crippen LogP contribution in [0.4, 0.5) is 0 Å². The summed E-state index contributed by atoms with van der Waals surface area (Å²) in [4.78, 5) is 24.1. The molecule has 0 aromatic heterocycles. The number of Topliss-reactive ketones (excluding diaryl/α,β-unsaturated/α-hetero) is 1. The van der Waals surface area contributed by atoms with Gasteiger partial charge in [-0.1, -0.05) is 18.6 Å². The van der Waals surface area contributed by atoms with E-state index in [0.717, 1.165) is 17.0 Å². The minimum absolute atomic E-state index is 0.121. The van der Waals surface area contributed by atoms with Crippen molar-refractivity contribution in [3.63, 3.8) is 0 Å². The molecule has 3 unspecified atom stereocenters. The molecular weight excluding hydrogens is 276 g/mol. The number of benzene rings is 1. The molecule has 2 fully saturated rings. The molecule has 1 aromatic carbocycles. The van der Waals surface area contributed by atoms with Gasteiger partial charge in [-0.3, -0.25) is 9.59 Å². The maximum atomic E-state index is 12.1. The summed E-state index contributed by atoms with van der Waals surface area (Å²) in [5.41, 5.74) is 2.86. The molecule has 2 aliphatic rings. The monoisotopic (exact) mass is 300 g/mol. The number of carbonyl (C=O) groups is 2. The maximum Gasteiger partial charge on any atom is 0.306 e. The highest BCUT2D eigenvalue weighted by molar-refractivity contribution is 5.98. The van der Waals surface area contributed by atoms with Crippen LogP contribution in [-0.2, 0) is 9.53 Å². The van der Waals surface area contributed by atoms with E-state index in [1.165, 1.54) is 25.7 Å². The normalized spacial score (nSPS) is 26.2. The quantitative estimate of drug-likeness (QED) is 0.612. The molecule has 0 spiro atoms. The number of rotatable bonds is 5. The van der Waals surface area contributed by atoms with Crippen molar-refractivity contribution in [3.05, 3.63) is 34.9 Å². The zero-order valence-corrected chi connectivity index (χ0v) is 13.4. The van der Waals surface area contributed by atoms with Gasteiger partial charge in [-0.2, -0.15) is 0 Å². The van der Waals surface area contributed by atoms with Crippen LogP contribution >= 0.6 is 0 Å². The summed E-state index contributed by atoms with van der Waals surface area (Å²) in [6.45, 7) is 3.86. The first-order chi connectivity index (χ1) is 10.5. The van der Waals surface area contributed by atoms with E-state index < -0.39 is 0 Å². The largest absolute Gasteiger partial charge is 0.457 e. The van der Waals surface area contributed by atoms with Crippen molar-refractivity contribution in [3.8, 4) is 0 Å². The van der Waals surface area contributed by atoms with Crippen molar-refractivity contribution >= 4 is 11.8 Å². The van der Waals surface area contributed by atoms with Gasteiger partial charge in [0.1, 0.15) is 0 Å². The second-order valence-electron chi connectivity index (χ2n) is 7.02. The van der Waals surface area contributed by atoms with Crippen LogP contribution in [0.2, 0.25) is 0 Å². The Balaban J connectivity index is 1.48. The van der Waals surface area contributed by atoms with Crippen molar-refractivity contribution in [1.29, 1.82) is 0 Å². The number of aryl methyl sites for hydroxylation is 2. The molecule has 118 valence electrons. The van der Waals surface area contributed by atoms with Gasteiger partial charge >= 0.3 is 5.97 Å². The number of ketones is 1. The SMILES string of the molecule is Cc1ccc(C(=O)COC(=O)CC2CC3CCC2C3)cc1C. The Morgan fingerprint density at radius 1 is 1.14 bits per heavy atom. The first kappa shape index (κ1) is 15.3. The Morgan fingerprint density at radius 2 is 1.95 bits per heavy atom. The third-order valence-electron chi connectivity index (χ3n) is 5.51. The highest BCUT2D eigenvalue weighted by Crippen LogP contribution is 2.49. The molecule has 0 N–H and O–H groups in total. The molecule has 0 radical (unpaired) electrons. The van der Waals surface area contributed by atoms with Crippen LogP contribution in [0.5, 0.6) is 0 Å². The summed E-state index contributed by atoms with van der Waals surface area (Å²) in [5.74, 6) is 1.70. The van der Waals surface area contributed by atoms with Gasteiger partial charge in [0.2, 0.25) is 0 Å². The molecule has 2 aliphatic carbocycles. The Hall–Kier alpha value is -1.64. The van der Waals surface area contributed by atoms with E-state index in [-0.39, 0.29) is 18.4 Å². The van der Waals surface area contributed by atoms with Gasteiger partial charge in [-0.15, -0.1) is 0 Å². The molecule has 1 aromatic rings. The van der Waals surface area contributed by atoms with Crippen LogP contribution in [0, 0.1) is 31.6 Å². The fraction of sp³-hybridized carbons (Fsp3) is 0.579. The Labute approximate surface area is 132 Å². The minimum Gasteiger partial charge on any atom is -0.457 e. The van der Waals surface area contributed by atoms with Gasteiger partial charge in [-0.25, -0.2) is 0 Å².